The van der Waals surface area contributed by atoms with Gasteiger partial charge in [0.05, 0.1) is 13.7 Å². The zero-order valence-corrected chi connectivity index (χ0v) is 20.4. The summed E-state index contributed by atoms with van der Waals surface area (Å²) in [6.07, 6.45) is 5.76. The Hall–Kier alpha value is -2.55. The van der Waals surface area contributed by atoms with E-state index < -0.39 is 10.0 Å². The van der Waals surface area contributed by atoms with Gasteiger partial charge < -0.3 is 14.4 Å². The van der Waals surface area contributed by atoms with Crippen LogP contribution < -0.4 is 9.47 Å². The molecule has 0 bridgehead atoms. The number of hydrogen-bond donors (Lipinski definition) is 0. The summed E-state index contributed by atoms with van der Waals surface area (Å²) in [4.78, 5) is 14.1. The van der Waals surface area contributed by atoms with Gasteiger partial charge in [-0.05, 0) is 60.9 Å². The lowest BCUT2D eigenvalue weighted by Crippen LogP contribution is -2.35. The topological polar surface area (TPSA) is 76.1 Å². The van der Waals surface area contributed by atoms with Gasteiger partial charge in [-0.3, -0.25) is 4.79 Å². The van der Waals surface area contributed by atoms with Gasteiger partial charge in [0.2, 0.25) is 15.9 Å². The number of nitrogens with zero attached hydrogens (tertiary/aromatic N) is 2. The lowest BCUT2D eigenvalue weighted by molar-refractivity contribution is -0.125. The lowest BCUT2D eigenvalue weighted by Gasteiger charge is -2.26. The Bertz CT molecular complexity index is 1080. The fourth-order valence-corrected chi connectivity index (χ4v) is 5.31. The molecule has 9 heteroatoms. The van der Waals surface area contributed by atoms with Gasteiger partial charge in [-0.15, -0.1) is 0 Å². The number of hydrogen-bond acceptors (Lipinski definition) is 5. The second kappa shape index (κ2) is 11.5. The zero-order chi connectivity index (χ0) is 23.8. The maximum atomic E-state index is 13.1. The number of halogens is 1. The molecule has 1 amide bonds. The van der Waals surface area contributed by atoms with Gasteiger partial charge in [0.1, 0.15) is 23.0 Å². The van der Waals surface area contributed by atoms with Crippen molar-refractivity contribution in [3.05, 3.63) is 59.1 Å². The van der Waals surface area contributed by atoms with Crippen molar-refractivity contribution in [2.45, 2.75) is 24.2 Å². The summed E-state index contributed by atoms with van der Waals surface area (Å²) in [6, 6.07) is 11.9. The first kappa shape index (κ1) is 25.1. The van der Waals surface area contributed by atoms with Crippen LogP contribution in [0.15, 0.2) is 53.4 Å². The van der Waals surface area contributed by atoms with Gasteiger partial charge in [-0.25, -0.2) is 8.42 Å². The summed E-state index contributed by atoms with van der Waals surface area (Å²) in [5.41, 5.74) is 0.602. The van der Waals surface area contributed by atoms with E-state index in [0.29, 0.717) is 48.3 Å². The van der Waals surface area contributed by atoms with Crippen LogP contribution in [0.1, 0.15) is 24.8 Å². The molecule has 3 rings (SSSR count). The molecule has 33 heavy (non-hydrogen) atoms. The molecular weight excluding hydrogens is 464 g/mol. The predicted molar refractivity (Wildman–Crippen MR) is 129 cm³/mol. The molecule has 2 aromatic carbocycles. The van der Waals surface area contributed by atoms with Gasteiger partial charge in [0.15, 0.2) is 0 Å². The second-order valence-corrected chi connectivity index (χ2v) is 10.1. The minimum atomic E-state index is -3.67. The van der Waals surface area contributed by atoms with E-state index in [-0.39, 0.29) is 10.8 Å². The number of methoxy groups -OCH3 is 1. The number of rotatable bonds is 9. The van der Waals surface area contributed by atoms with E-state index in [2.05, 4.69) is 0 Å². The third-order valence-corrected chi connectivity index (χ3v) is 7.60. The Labute approximate surface area is 200 Å². The molecule has 1 fully saturated rings. The summed E-state index contributed by atoms with van der Waals surface area (Å²) in [6.45, 7) is 1.74. The van der Waals surface area contributed by atoms with E-state index in [4.69, 9.17) is 21.1 Å². The SMILES string of the molecule is COc1ccc(C=CC(=O)N(C)CCOc2ccc(Cl)cc2)cc1S(=O)(=O)N1CCCCC1. The van der Waals surface area contributed by atoms with Crippen LogP contribution in [-0.2, 0) is 14.8 Å². The van der Waals surface area contributed by atoms with Crippen molar-refractivity contribution in [1.82, 2.24) is 9.21 Å². The molecule has 1 aliphatic heterocycles. The minimum Gasteiger partial charge on any atom is -0.495 e. The average molecular weight is 493 g/mol. The predicted octanol–water partition coefficient (Wildman–Crippen LogP) is 4.07. The number of ether oxygens (including phenoxy) is 2. The van der Waals surface area contributed by atoms with Crippen LogP contribution in [0.5, 0.6) is 11.5 Å². The molecule has 2 aromatic rings. The number of carbonyl (C=O) groups is 1. The highest BCUT2D eigenvalue weighted by molar-refractivity contribution is 7.89. The molecule has 0 aromatic heterocycles. The third-order valence-electron chi connectivity index (χ3n) is 5.42. The van der Waals surface area contributed by atoms with Crippen molar-refractivity contribution in [1.29, 1.82) is 0 Å². The van der Waals surface area contributed by atoms with Crippen LogP contribution in [0.4, 0.5) is 0 Å². The van der Waals surface area contributed by atoms with Crippen molar-refractivity contribution in [3.63, 3.8) is 0 Å². The van der Waals surface area contributed by atoms with Crippen LogP contribution in [0.3, 0.4) is 0 Å². The average Bonchev–Trinajstić information content (AvgIpc) is 2.84. The quantitative estimate of drug-likeness (QED) is 0.493. The van der Waals surface area contributed by atoms with Gasteiger partial charge >= 0.3 is 0 Å². The molecule has 0 radical (unpaired) electrons. The van der Waals surface area contributed by atoms with Crippen LogP contribution in [0.2, 0.25) is 5.02 Å². The zero-order valence-electron chi connectivity index (χ0n) is 18.9. The van der Waals surface area contributed by atoms with E-state index in [1.807, 2.05) is 0 Å². The monoisotopic (exact) mass is 492 g/mol. The summed E-state index contributed by atoms with van der Waals surface area (Å²) < 4.78 is 38.7. The van der Waals surface area contributed by atoms with Crippen LogP contribution >= 0.6 is 11.6 Å². The van der Waals surface area contributed by atoms with Crippen molar-refractivity contribution in [2.75, 3.05) is 40.4 Å². The Morgan fingerprint density at radius 2 is 1.82 bits per heavy atom. The molecule has 178 valence electrons. The first-order valence-corrected chi connectivity index (χ1v) is 12.6. The van der Waals surface area contributed by atoms with E-state index in [1.165, 1.54) is 22.4 Å². The second-order valence-electron chi connectivity index (χ2n) is 7.77. The molecule has 0 spiro atoms. The Kier molecular flexibility index (Phi) is 8.77. The van der Waals surface area contributed by atoms with E-state index in [9.17, 15) is 13.2 Å². The van der Waals surface area contributed by atoms with Gasteiger partial charge in [0.25, 0.3) is 0 Å². The molecule has 1 heterocycles. The van der Waals surface area contributed by atoms with Crippen molar-refractivity contribution >= 4 is 33.6 Å². The third kappa shape index (κ3) is 6.72. The van der Waals surface area contributed by atoms with Gasteiger partial charge in [0, 0.05) is 31.2 Å². The number of sulfonamides is 1. The number of piperidine rings is 1. The molecule has 0 unspecified atom stereocenters. The van der Waals surface area contributed by atoms with Crippen LogP contribution in [0, 0.1) is 0 Å². The normalized spacial score (nSPS) is 14.9. The van der Waals surface area contributed by atoms with Crippen molar-refractivity contribution in [3.8, 4) is 11.5 Å². The highest BCUT2D eigenvalue weighted by Crippen LogP contribution is 2.30. The van der Waals surface area contributed by atoms with Crippen molar-refractivity contribution in [2.24, 2.45) is 0 Å². The maximum Gasteiger partial charge on any atom is 0.246 e. The largest absolute Gasteiger partial charge is 0.495 e. The summed E-state index contributed by atoms with van der Waals surface area (Å²) in [5.74, 6) is 0.753. The lowest BCUT2D eigenvalue weighted by atomic mass is 10.2. The Morgan fingerprint density at radius 3 is 2.48 bits per heavy atom. The van der Waals surface area contributed by atoms with Crippen LogP contribution in [0.25, 0.3) is 6.08 Å². The highest BCUT2D eigenvalue weighted by Gasteiger charge is 2.29. The molecule has 1 saturated heterocycles. The Morgan fingerprint density at radius 1 is 1.12 bits per heavy atom. The van der Waals surface area contributed by atoms with E-state index in [0.717, 1.165) is 19.3 Å². The summed E-state index contributed by atoms with van der Waals surface area (Å²) in [5, 5.41) is 0.630. The Balaban J connectivity index is 1.64. The van der Waals surface area contributed by atoms with E-state index >= 15 is 0 Å². The fraction of sp³-hybridized carbons (Fsp3) is 0.375. The first-order chi connectivity index (χ1) is 15.8. The molecule has 0 saturated carbocycles. The highest BCUT2D eigenvalue weighted by atomic mass is 35.5. The standard InChI is InChI=1S/C24H29ClN2O5S/c1-26(16-17-32-21-10-8-20(25)9-11-21)24(28)13-7-19-6-12-22(31-2)23(18-19)33(29,30)27-14-4-3-5-15-27/h6-13,18H,3-5,14-17H2,1-2H3. The smallest absolute Gasteiger partial charge is 0.246 e. The summed E-state index contributed by atoms with van der Waals surface area (Å²) >= 11 is 5.86. The van der Waals surface area contributed by atoms with Crippen molar-refractivity contribution < 1.29 is 22.7 Å². The molecule has 0 atom stereocenters. The molecule has 0 aliphatic carbocycles. The number of amides is 1. The van der Waals surface area contributed by atoms with Crippen LogP contribution in [-0.4, -0.2) is 63.9 Å². The van der Waals surface area contributed by atoms with Gasteiger partial charge in [-0.2, -0.15) is 4.31 Å². The molecule has 7 nitrogen and oxygen atoms in total. The molecular formula is C24H29ClN2O5S. The summed E-state index contributed by atoms with van der Waals surface area (Å²) in [7, 11) is -0.541. The number of carbonyl (C=O) groups excluding carboxylic acids is 1. The number of likely N-dealkylation sites (N-methyl/N-ethyl adjacent to an activating group) is 1. The van der Waals surface area contributed by atoms with Gasteiger partial charge in [-0.1, -0.05) is 24.1 Å². The minimum absolute atomic E-state index is 0.117. The maximum absolute atomic E-state index is 13.1. The number of benzene rings is 2. The molecule has 1 aliphatic rings. The first-order valence-electron chi connectivity index (χ1n) is 10.8. The van der Waals surface area contributed by atoms with E-state index in [1.54, 1.807) is 55.6 Å². The fourth-order valence-electron chi connectivity index (χ4n) is 3.48. The molecule has 0 N–H and O–H groups in total.